The van der Waals surface area contributed by atoms with E-state index in [0.29, 0.717) is 11.4 Å². The van der Waals surface area contributed by atoms with Crippen LogP contribution < -0.4 is 5.32 Å². The Morgan fingerprint density at radius 2 is 2.00 bits per heavy atom. The summed E-state index contributed by atoms with van der Waals surface area (Å²) in [4.78, 5) is 35.3. The lowest BCUT2D eigenvalue weighted by Crippen LogP contribution is -2.31. The number of benzene rings is 2. The lowest BCUT2D eigenvalue weighted by Gasteiger charge is -2.15. The predicted octanol–water partition coefficient (Wildman–Crippen LogP) is 1.97. The van der Waals surface area contributed by atoms with E-state index in [0.717, 1.165) is 16.6 Å². The molecule has 1 aromatic heterocycles. The number of carbonyl (C=O) groups is 2. The molecule has 3 aromatic rings. The van der Waals surface area contributed by atoms with Gasteiger partial charge in [0.2, 0.25) is 0 Å². The minimum absolute atomic E-state index is 0.0875. The first-order chi connectivity index (χ1) is 14.6. The molecule has 2 heterocycles. The molecule has 2 N–H and O–H groups in total. The number of amides is 1. The largest absolute Gasteiger partial charge is 0.466 e. The molecule has 0 saturated heterocycles. The molecule has 152 valence electrons. The molecule has 0 spiro atoms. The number of carbonyl (C=O) groups excluding carboxylic acids is 2. The first-order valence-corrected chi connectivity index (χ1v) is 9.41. The van der Waals surface area contributed by atoms with Gasteiger partial charge in [0.1, 0.15) is 5.70 Å². The number of rotatable bonds is 6. The van der Waals surface area contributed by atoms with E-state index in [2.05, 4.69) is 15.3 Å². The van der Waals surface area contributed by atoms with E-state index in [1.807, 2.05) is 42.5 Å². The quantitative estimate of drug-likeness (QED) is 0.605. The fraction of sp³-hybridized carbons (Fsp3) is 0.182. The molecule has 0 saturated carbocycles. The van der Waals surface area contributed by atoms with Crippen molar-refractivity contribution < 1.29 is 19.4 Å². The molecule has 0 unspecified atom stereocenters. The van der Waals surface area contributed by atoms with Crippen molar-refractivity contribution in [2.45, 2.75) is 0 Å². The monoisotopic (exact) mass is 404 g/mol. The highest BCUT2D eigenvalue weighted by Crippen LogP contribution is 2.26. The predicted molar refractivity (Wildman–Crippen MR) is 111 cm³/mol. The van der Waals surface area contributed by atoms with Gasteiger partial charge in [0.25, 0.3) is 5.91 Å². The van der Waals surface area contributed by atoms with Crippen LogP contribution >= 0.6 is 0 Å². The number of nitrogens with zero attached hydrogens (tertiary/aromatic N) is 3. The van der Waals surface area contributed by atoms with Gasteiger partial charge in [-0.2, -0.15) is 0 Å². The Bertz CT molecular complexity index is 1160. The second-order valence-corrected chi connectivity index (χ2v) is 6.75. The molecule has 0 fully saturated rings. The summed E-state index contributed by atoms with van der Waals surface area (Å²) in [5, 5.41) is 12.2. The van der Waals surface area contributed by atoms with Gasteiger partial charge in [0, 0.05) is 17.8 Å². The number of aliphatic hydroxyl groups excluding tert-OH is 1. The van der Waals surface area contributed by atoms with E-state index < -0.39 is 5.97 Å². The molecule has 0 radical (unpaired) electrons. The lowest BCUT2D eigenvalue weighted by molar-refractivity contribution is -0.136. The van der Waals surface area contributed by atoms with Crippen LogP contribution in [0.15, 0.2) is 66.0 Å². The number of hydrogen-bond donors (Lipinski definition) is 2. The third-order valence-corrected chi connectivity index (χ3v) is 4.83. The number of aromatic nitrogens is 2. The van der Waals surface area contributed by atoms with Crippen molar-refractivity contribution in [2.75, 3.05) is 32.1 Å². The molecular weight excluding hydrogens is 384 g/mol. The molecule has 30 heavy (non-hydrogen) atoms. The van der Waals surface area contributed by atoms with E-state index in [1.165, 1.54) is 12.0 Å². The van der Waals surface area contributed by atoms with Gasteiger partial charge in [-0.3, -0.25) is 9.78 Å². The Labute approximate surface area is 172 Å². The molecule has 1 aliphatic heterocycles. The number of β-amino-alcohol motifs (C(OH)–C–C–N with tert-alkyl or cyclic N) is 1. The SMILES string of the molecule is COC(=O)C1=C(Nc2cccc(-c3cnc4ccccc4n3)c2)C(=O)N(CCO)C1. The zero-order chi connectivity index (χ0) is 21.1. The van der Waals surface area contributed by atoms with Crippen molar-refractivity contribution in [2.24, 2.45) is 0 Å². The topological polar surface area (TPSA) is 105 Å². The summed E-state index contributed by atoms with van der Waals surface area (Å²) in [6, 6.07) is 15.0. The van der Waals surface area contributed by atoms with E-state index in [-0.39, 0.29) is 36.9 Å². The third kappa shape index (κ3) is 3.72. The smallest absolute Gasteiger partial charge is 0.337 e. The summed E-state index contributed by atoms with van der Waals surface area (Å²) in [7, 11) is 1.27. The molecule has 2 aromatic carbocycles. The van der Waals surface area contributed by atoms with Crippen molar-refractivity contribution in [3.63, 3.8) is 0 Å². The van der Waals surface area contributed by atoms with Crippen molar-refractivity contribution in [1.29, 1.82) is 0 Å². The van der Waals surface area contributed by atoms with Crippen LogP contribution in [0, 0.1) is 0 Å². The number of ether oxygens (including phenoxy) is 1. The van der Waals surface area contributed by atoms with Crippen LogP contribution in [0.2, 0.25) is 0 Å². The zero-order valence-electron chi connectivity index (χ0n) is 16.3. The molecule has 1 amide bonds. The summed E-state index contributed by atoms with van der Waals surface area (Å²) in [6.45, 7) is 0.0328. The Morgan fingerprint density at radius 1 is 1.20 bits per heavy atom. The summed E-state index contributed by atoms with van der Waals surface area (Å²) in [5.74, 6) is -0.941. The van der Waals surface area contributed by atoms with Gasteiger partial charge in [-0.25, -0.2) is 9.78 Å². The van der Waals surface area contributed by atoms with Crippen molar-refractivity contribution in [3.8, 4) is 11.3 Å². The third-order valence-electron chi connectivity index (χ3n) is 4.83. The van der Waals surface area contributed by atoms with Crippen LogP contribution in [0.1, 0.15) is 0 Å². The van der Waals surface area contributed by atoms with Crippen LogP contribution in [0.5, 0.6) is 0 Å². The van der Waals surface area contributed by atoms with E-state index in [9.17, 15) is 14.7 Å². The minimum atomic E-state index is -0.581. The van der Waals surface area contributed by atoms with Crippen LogP contribution in [-0.4, -0.2) is 58.7 Å². The number of methoxy groups -OCH3 is 1. The molecule has 8 heteroatoms. The highest BCUT2D eigenvalue weighted by molar-refractivity contribution is 6.08. The first kappa shape index (κ1) is 19.5. The Balaban J connectivity index is 1.66. The molecule has 0 atom stereocenters. The average Bonchev–Trinajstić information content (AvgIpc) is 3.08. The van der Waals surface area contributed by atoms with E-state index >= 15 is 0 Å². The molecule has 0 bridgehead atoms. The van der Waals surface area contributed by atoms with Gasteiger partial charge in [0.05, 0.1) is 48.8 Å². The average molecular weight is 404 g/mol. The Morgan fingerprint density at radius 3 is 2.77 bits per heavy atom. The van der Waals surface area contributed by atoms with Crippen LogP contribution in [0.3, 0.4) is 0 Å². The molecule has 8 nitrogen and oxygen atoms in total. The highest BCUT2D eigenvalue weighted by Gasteiger charge is 2.34. The summed E-state index contributed by atoms with van der Waals surface area (Å²) in [5.41, 5.74) is 4.11. The van der Waals surface area contributed by atoms with Crippen molar-refractivity contribution >= 4 is 28.6 Å². The number of aliphatic hydroxyl groups is 1. The Kier molecular flexibility index (Phi) is 5.40. The van der Waals surface area contributed by atoms with E-state index in [1.54, 1.807) is 12.3 Å². The fourth-order valence-electron chi connectivity index (χ4n) is 3.35. The van der Waals surface area contributed by atoms with Crippen LogP contribution in [0.4, 0.5) is 5.69 Å². The van der Waals surface area contributed by atoms with Crippen LogP contribution in [0.25, 0.3) is 22.3 Å². The highest BCUT2D eigenvalue weighted by atomic mass is 16.5. The zero-order valence-corrected chi connectivity index (χ0v) is 16.3. The molecule has 0 aliphatic carbocycles. The molecular formula is C22H20N4O4. The number of esters is 1. The number of anilines is 1. The summed E-state index contributed by atoms with van der Waals surface area (Å²) >= 11 is 0. The van der Waals surface area contributed by atoms with Gasteiger partial charge in [-0.15, -0.1) is 0 Å². The number of fused-ring (bicyclic) bond motifs is 1. The maximum atomic E-state index is 12.7. The van der Waals surface area contributed by atoms with Gasteiger partial charge in [0.15, 0.2) is 0 Å². The Hall–Kier alpha value is -3.78. The number of hydrogen-bond acceptors (Lipinski definition) is 7. The number of para-hydroxylation sites is 2. The maximum absolute atomic E-state index is 12.7. The van der Waals surface area contributed by atoms with Crippen molar-refractivity contribution in [3.05, 3.63) is 66.0 Å². The second kappa shape index (κ2) is 8.30. The summed E-state index contributed by atoms with van der Waals surface area (Å²) < 4.78 is 4.81. The first-order valence-electron chi connectivity index (χ1n) is 9.41. The van der Waals surface area contributed by atoms with Crippen molar-refractivity contribution in [1.82, 2.24) is 14.9 Å². The molecule has 4 rings (SSSR count). The normalized spacial score (nSPS) is 13.8. The van der Waals surface area contributed by atoms with Gasteiger partial charge in [-0.1, -0.05) is 24.3 Å². The summed E-state index contributed by atoms with van der Waals surface area (Å²) in [6.07, 6.45) is 1.70. The van der Waals surface area contributed by atoms with E-state index in [4.69, 9.17) is 4.74 Å². The minimum Gasteiger partial charge on any atom is -0.466 e. The lowest BCUT2D eigenvalue weighted by atomic mass is 10.1. The van der Waals surface area contributed by atoms with Gasteiger partial charge in [-0.05, 0) is 24.3 Å². The van der Waals surface area contributed by atoms with Gasteiger partial charge < -0.3 is 20.1 Å². The fourth-order valence-corrected chi connectivity index (χ4v) is 3.35. The standard InChI is InChI=1S/C22H20N4O4/c1-30-22(29)16-13-26(9-10-27)21(28)20(16)24-15-6-4-5-14(11-15)19-12-23-17-7-2-3-8-18(17)25-19/h2-8,11-12,24,27H,9-10,13H2,1H3. The van der Waals surface area contributed by atoms with Crippen LogP contribution in [-0.2, 0) is 14.3 Å². The maximum Gasteiger partial charge on any atom is 0.337 e. The molecule has 1 aliphatic rings. The second-order valence-electron chi connectivity index (χ2n) is 6.75. The number of nitrogens with one attached hydrogen (secondary N) is 1. The van der Waals surface area contributed by atoms with Gasteiger partial charge >= 0.3 is 5.97 Å².